The molecule has 1 unspecified atom stereocenters. The first-order chi connectivity index (χ1) is 20.7. The van der Waals surface area contributed by atoms with Crippen LogP contribution < -0.4 is 19.5 Å². The second-order valence-corrected chi connectivity index (χ2v) is 10.5. The van der Waals surface area contributed by atoms with E-state index >= 15 is 0 Å². The number of rotatable bonds is 12. The van der Waals surface area contributed by atoms with Crippen molar-refractivity contribution in [3.05, 3.63) is 101 Å². The van der Waals surface area contributed by atoms with Gasteiger partial charge in [0.05, 0.1) is 27.1 Å². The topological polar surface area (TPSA) is 103 Å². The van der Waals surface area contributed by atoms with E-state index in [4.69, 9.17) is 14.2 Å². The van der Waals surface area contributed by atoms with Crippen LogP contribution in [0, 0.1) is 19.7 Å². The van der Waals surface area contributed by atoms with E-state index in [1.807, 2.05) is 19.9 Å². The van der Waals surface area contributed by atoms with E-state index in [9.17, 15) is 14.0 Å². The van der Waals surface area contributed by atoms with Gasteiger partial charge in [0, 0.05) is 23.6 Å². The number of carbonyl (C=O) groups is 2. The number of hydrogen-bond acceptors (Lipinski definition) is 8. The number of ether oxygens (including phenoxy) is 3. The number of thioether (sulfide) groups is 1. The second-order valence-electron chi connectivity index (χ2n) is 9.60. The molecule has 9 nitrogen and oxygen atoms in total. The van der Waals surface area contributed by atoms with Gasteiger partial charge in [-0.25, -0.2) is 14.4 Å². The van der Waals surface area contributed by atoms with Gasteiger partial charge in [-0.2, -0.15) is 0 Å². The third kappa shape index (κ3) is 8.23. The molecule has 1 heterocycles. The predicted octanol–water partition coefficient (Wildman–Crippen LogP) is 5.76. The SMILES string of the molecule is COc1ccc(NC(=O)C(c2ccc(OC)c(OC)c2)N(Cc2ccc(F)cc2)C(=O)CSc2nc(C)cc(C)n2)cc1. The van der Waals surface area contributed by atoms with E-state index in [2.05, 4.69) is 15.3 Å². The van der Waals surface area contributed by atoms with E-state index in [0.717, 1.165) is 11.4 Å². The van der Waals surface area contributed by atoms with Gasteiger partial charge in [-0.3, -0.25) is 9.59 Å². The smallest absolute Gasteiger partial charge is 0.251 e. The van der Waals surface area contributed by atoms with Crippen molar-refractivity contribution in [1.82, 2.24) is 14.9 Å². The lowest BCUT2D eigenvalue weighted by Gasteiger charge is -2.32. The third-order valence-corrected chi connectivity index (χ3v) is 7.35. The van der Waals surface area contributed by atoms with Gasteiger partial charge in [0.2, 0.25) is 5.91 Å². The summed E-state index contributed by atoms with van der Waals surface area (Å²) < 4.78 is 29.9. The number of anilines is 1. The van der Waals surface area contributed by atoms with E-state index in [1.165, 1.54) is 43.0 Å². The molecule has 11 heteroatoms. The molecule has 0 aliphatic rings. The van der Waals surface area contributed by atoms with Crippen molar-refractivity contribution in [3.8, 4) is 17.2 Å². The highest BCUT2D eigenvalue weighted by molar-refractivity contribution is 7.99. The van der Waals surface area contributed by atoms with Crippen LogP contribution in [0.5, 0.6) is 17.2 Å². The molecule has 1 N–H and O–H groups in total. The van der Waals surface area contributed by atoms with E-state index in [1.54, 1.807) is 61.7 Å². The van der Waals surface area contributed by atoms with Crippen LogP contribution in [0.2, 0.25) is 0 Å². The molecule has 43 heavy (non-hydrogen) atoms. The Labute approximate surface area is 254 Å². The third-order valence-electron chi connectivity index (χ3n) is 6.51. The first-order valence-corrected chi connectivity index (χ1v) is 14.3. The molecule has 0 saturated heterocycles. The number of hydrogen-bond donors (Lipinski definition) is 1. The molecule has 0 aliphatic carbocycles. The maximum atomic E-state index is 14.1. The van der Waals surface area contributed by atoms with Crippen LogP contribution in [0.1, 0.15) is 28.6 Å². The van der Waals surface area contributed by atoms with E-state index in [0.29, 0.717) is 39.2 Å². The van der Waals surface area contributed by atoms with Gasteiger partial charge in [0.25, 0.3) is 5.91 Å². The molecule has 0 saturated carbocycles. The quantitative estimate of drug-likeness (QED) is 0.161. The van der Waals surface area contributed by atoms with Crippen LogP contribution in [-0.2, 0) is 16.1 Å². The lowest BCUT2D eigenvalue weighted by molar-refractivity contribution is -0.137. The Morgan fingerprint density at radius 1 is 0.860 bits per heavy atom. The van der Waals surface area contributed by atoms with Crippen molar-refractivity contribution in [1.29, 1.82) is 0 Å². The Balaban J connectivity index is 1.75. The summed E-state index contributed by atoms with van der Waals surface area (Å²) in [5.41, 5.74) is 3.22. The fourth-order valence-corrected chi connectivity index (χ4v) is 5.29. The summed E-state index contributed by atoms with van der Waals surface area (Å²) in [6.45, 7) is 3.75. The van der Waals surface area contributed by atoms with Gasteiger partial charge < -0.3 is 24.4 Å². The zero-order valence-corrected chi connectivity index (χ0v) is 25.4. The molecular weight excluding hydrogens is 571 g/mol. The summed E-state index contributed by atoms with van der Waals surface area (Å²) in [5.74, 6) is 0.256. The van der Waals surface area contributed by atoms with Crippen molar-refractivity contribution >= 4 is 29.3 Å². The Morgan fingerprint density at radius 3 is 2.12 bits per heavy atom. The largest absolute Gasteiger partial charge is 0.497 e. The molecule has 0 fully saturated rings. The summed E-state index contributed by atoms with van der Waals surface area (Å²) in [5, 5.41) is 3.38. The Morgan fingerprint density at radius 2 is 1.51 bits per heavy atom. The standard InChI is InChI=1S/C32H33FN4O5S/c1-20-16-21(2)35-32(34-20)43-19-29(38)37(18-22-6-9-24(33)10-7-22)30(23-8-15-27(41-4)28(17-23)42-5)31(39)36-25-11-13-26(40-3)14-12-25/h6-17,30H,18-19H2,1-5H3,(H,36,39). The number of methoxy groups -OCH3 is 3. The molecule has 0 spiro atoms. The fraction of sp³-hybridized carbons (Fsp3) is 0.250. The molecule has 0 radical (unpaired) electrons. The number of nitrogens with one attached hydrogen (secondary N) is 1. The summed E-state index contributed by atoms with van der Waals surface area (Å²) in [7, 11) is 4.57. The first-order valence-electron chi connectivity index (χ1n) is 13.4. The molecule has 1 atom stereocenters. The fourth-order valence-electron chi connectivity index (χ4n) is 4.46. The molecule has 2 amide bonds. The summed E-state index contributed by atoms with van der Waals surface area (Å²) >= 11 is 1.18. The maximum absolute atomic E-state index is 14.1. The van der Waals surface area contributed by atoms with Crippen LogP contribution in [0.3, 0.4) is 0 Å². The number of nitrogens with zero attached hydrogens (tertiary/aromatic N) is 3. The van der Waals surface area contributed by atoms with Gasteiger partial charge >= 0.3 is 0 Å². The lowest BCUT2D eigenvalue weighted by atomic mass is 10.0. The van der Waals surface area contributed by atoms with Crippen molar-refractivity contribution in [2.45, 2.75) is 31.6 Å². The average Bonchev–Trinajstić information content (AvgIpc) is 3.00. The van der Waals surface area contributed by atoms with Crippen molar-refractivity contribution in [3.63, 3.8) is 0 Å². The van der Waals surface area contributed by atoms with Gasteiger partial charge in [-0.05, 0) is 79.6 Å². The first kappa shape index (κ1) is 31.3. The van der Waals surface area contributed by atoms with Crippen LogP contribution in [0.25, 0.3) is 0 Å². The molecule has 3 aromatic carbocycles. The van der Waals surface area contributed by atoms with Crippen molar-refractivity contribution in [2.24, 2.45) is 0 Å². The van der Waals surface area contributed by atoms with Gasteiger partial charge in [-0.15, -0.1) is 0 Å². The zero-order valence-electron chi connectivity index (χ0n) is 24.6. The molecule has 0 aliphatic heterocycles. The minimum absolute atomic E-state index is 0.0302. The minimum atomic E-state index is -1.10. The number of aromatic nitrogens is 2. The Hall–Kier alpha value is -4.64. The lowest BCUT2D eigenvalue weighted by Crippen LogP contribution is -2.41. The van der Waals surface area contributed by atoms with Crippen LogP contribution in [-0.4, -0.2) is 53.8 Å². The average molecular weight is 605 g/mol. The number of halogens is 1. The monoisotopic (exact) mass is 604 g/mol. The van der Waals surface area contributed by atoms with Gasteiger partial charge in [0.1, 0.15) is 17.6 Å². The molecule has 224 valence electrons. The summed E-state index contributed by atoms with van der Waals surface area (Å²) in [4.78, 5) is 38.4. The van der Waals surface area contributed by atoms with Gasteiger partial charge in [-0.1, -0.05) is 30.0 Å². The van der Waals surface area contributed by atoms with Gasteiger partial charge in [0.15, 0.2) is 16.7 Å². The van der Waals surface area contributed by atoms with E-state index < -0.39 is 17.8 Å². The van der Waals surface area contributed by atoms with Crippen LogP contribution in [0.4, 0.5) is 10.1 Å². The number of benzene rings is 3. The predicted molar refractivity (Wildman–Crippen MR) is 163 cm³/mol. The Kier molecular flexibility index (Phi) is 10.6. The highest BCUT2D eigenvalue weighted by Gasteiger charge is 2.33. The summed E-state index contributed by atoms with van der Waals surface area (Å²) in [6, 6.07) is 18.5. The molecular formula is C32H33FN4O5S. The highest BCUT2D eigenvalue weighted by atomic mass is 32.2. The van der Waals surface area contributed by atoms with Crippen molar-refractivity contribution in [2.75, 3.05) is 32.4 Å². The molecule has 1 aromatic heterocycles. The minimum Gasteiger partial charge on any atom is -0.497 e. The zero-order chi connectivity index (χ0) is 30.9. The normalized spacial score (nSPS) is 11.4. The Bertz CT molecular complexity index is 1550. The molecule has 4 aromatic rings. The molecule has 4 rings (SSSR count). The molecule has 0 bridgehead atoms. The number of aryl methyl sites for hydroxylation is 2. The highest BCUT2D eigenvalue weighted by Crippen LogP contribution is 2.34. The van der Waals surface area contributed by atoms with Crippen molar-refractivity contribution < 1.29 is 28.2 Å². The van der Waals surface area contributed by atoms with Crippen LogP contribution >= 0.6 is 11.8 Å². The summed E-state index contributed by atoms with van der Waals surface area (Å²) in [6.07, 6.45) is 0. The number of amides is 2. The van der Waals surface area contributed by atoms with Crippen LogP contribution in [0.15, 0.2) is 78.0 Å². The van der Waals surface area contributed by atoms with E-state index in [-0.39, 0.29) is 18.2 Å². The second kappa shape index (κ2) is 14.5. The maximum Gasteiger partial charge on any atom is 0.251 e. The number of carbonyl (C=O) groups excluding carboxylic acids is 2.